The molecule has 0 aliphatic carbocycles. The van der Waals surface area contributed by atoms with Crippen molar-refractivity contribution >= 4 is 11.6 Å². The second-order valence-electron chi connectivity index (χ2n) is 7.55. The molecule has 1 aliphatic heterocycles. The topological polar surface area (TPSA) is 71.8 Å². The largest absolute Gasteiger partial charge is 0.417 e. The minimum absolute atomic E-state index is 0.0578. The van der Waals surface area contributed by atoms with Gasteiger partial charge in [0.15, 0.2) is 5.65 Å². The number of fused-ring (bicyclic) bond motifs is 1. The highest BCUT2D eigenvalue weighted by Gasteiger charge is 2.33. The highest BCUT2D eigenvalue weighted by atomic mass is 19.4. The molecule has 1 saturated heterocycles. The maximum absolute atomic E-state index is 13.1. The summed E-state index contributed by atoms with van der Waals surface area (Å²) >= 11 is 0. The van der Waals surface area contributed by atoms with Crippen LogP contribution in [-0.2, 0) is 15.7 Å². The minimum atomic E-state index is -4.43. The summed E-state index contributed by atoms with van der Waals surface area (Å²) in [5.41, 5.74) is -0.348. The van der Waals surface area contributed by atoms with Gasteiger partial charge in [-0.1, -0.05) is 0 Å². The molecular weight excluding hydrogens is 399 g/mol. The van der Waals surface area contributed by atoms with Gasteiger partial charge in [-0.25, -0.2) is 0 Å². The Labute approximate surface area is 173 Å². The van der Waals surface area contributed by atoms with E-state index in [9.17, 15) is 18.0 Å². The van der Waals surface area contributed by atoms with E-state index in [4.69, 9.17) is 4.74 Å². The summed E-state index contributed by atoms with van der Waals surface area (Å²) in [6, 6.07) is 2.02. The highest BCUT2D eigenvalue weighted by Crippen LogP contribution is 2.31. The number of hydrogen-bond donors (Lipinski definition) is 1. The Morgan fingerprint density at radius 3 is 2.90 bits per heavy atom. The summed E-state index contributed by atoms with van der Waals surface area (Å²) in [5, 5.41) is 11.1. The van der Waals surface area contributed by atoms with E-state index >= 15 is 0 Å². The Kier molecular flexibility index (Phi) is 7.30. The van der Waals surface area contributed by atoms with Crippen molar-refractivity contribution in [2.75, 3.05) is 32.8 Å². The summed E-state index contributed by atoms with van der Waals surface area (Å²) in [6.07, 6.45) is -1.000. The van der Waals surface area contributed by atoms with E-state index in [0.29, 0.717) is 37.8 Å². The summed E-state index contributed by atoms with van der Waals surface area (Å²) in [4.78, 5) is 14.5. The van der Waals surface area contributed by atoms with Crippen LogP contribution in [-0.4, -0.2) is 64.3 Å². The number of nitrogens with zero attached hydrogens (tertiary/aromatic N) is 4. The van der Waals surface area contributed by atoms with Crippen LogP contribution in [0.2, 0.25) is 0 Å². The molecule has 0 saturated carbocycles. The molecular formula is C20H28F3N5O2. The van der Waals surface area contributed by atoms with Crippen LogP contribution in [0.1, 0.15) is 50.4 Å². The van der Waals surface area contributed by atoms with Crippen LogP contribution < -0.4 is 5.32 Å². The van der Waals surface area contributed by atoms with Crippen LogP contribution in [0.25, 0.3) is 5.65 Å². The molecule has 30 heavy (non-hydrogen) atoms. The normalized spacial score (nSPS) is 19.2. The number of halogens is 3. The van der Waals surface area contributed by atoms with Gasteiger partial charge in [0.25, 0.3) is 0 Å². The molecule has 0 aromatic carbocycles. The van der Waals surface area contributed by atoms with E-state index in [0.717, 1.165) is 38.1 Å². The SMILES string of the molecule is CCOCCCNC(=O)C(C)N1CCCC(c2nnc3ccc(C(F)(F)F)cn23)C1. The van der Waals surface area contributed by atoms with E-state index in [-0.39, 0.29) is 17.9 Å². The Morgan fingerprint density at radius 2 is 2.17 bits per heavy atom. The van der Waals surface area contributed by atoms with Gasteiger partial charge in [0, 0.05) is 38.4 Å². The van der Waals surface area contributed by atoms with Crippen LogP contribution in [0.15, 0.2) is 18.3 Å². The molecule has 7 nitrogen and oxygen atoms in total. The maximum Gasteiger partial charge on any atom is 0.417 e. The average molecular weight is 427 g/mol. The molecule has 0 spiro atoms. The molecule has 0 bridgehead atoms. The van der Waals surface area contributed by atoms with Gasteiger partial charge in [-0.15, -0.1) is 10.2 Å². The second-order valence-corrected chi connectivity index (χ2v) is 7.55. The first-order valence-corrected chi connectivity index (χ1v) is 10.3. The van der Waals surface area contributed by atoms with E-state index in [1.54, 1.807) is 0 Å². The van der Waals surface area contributed by atoms with Crippen molar-refractivity contribution in [2.24, 2.45) is 0 Å². The minimum Gasteiger partial charge on any atom is -0.382 e. The molecule has 0 radical (unpaired) electrons. The number of nitrogens with one attached hydrogen (secondary N) is 1. The predicted octanol–water partition coefficient (Wildman–Crippen LogP) is 2.86. The zero-order valence-corrected chi connectivity index (χ0v) is 17.3. The number of piperidine rings is 1. The lowest BCUT2D eigenvalue weighted by Gasteiger charge is -2.35. The standard InChI is InChI=1S/C20H28F3N5O2/c1-3-30-11-5-9-24-19(29)14(2)27-10-4-6-15(12-27)18-26-25-17-8-7-16(13-28(17)18)20(21,22)23/h7-8,13-15H,3-6,9-12H2,1-2H3,(H,24,29). The van der Waals surface area contributed by atoms with Crippen molar-refractivity contribution in [1.82, 2.24) is 24.8 Å². The molecule has 3 rings (SSSR count). The molecule has 2 unspecified atom stereocenters. The van der Waals surface area contributed by atoms with E-state index in [1.165, 1.54) is 10.5 Å². The van der Waals surface area contributed by atoms with Crippen molar-refractivity contribution in [3.8, 4) is 0 Å². The summed E-state index contributed by atoms with van der Waals surface area (Å²) in [5.74, 6) is 0.355. The molecule has 3 heterocycles. The third-order valence-electron chi connectivity index (χ3n) is 5.47. The quantitative estimate of drug-likeness (QED) is 0.656. The smallest absolute Gasteiger partial charge is 0.382 e. The lowest BCUT2D eigenvalue weighted by Crippen LogP contribution is -2.49. The zero-order valence-electron chi connectivity index (χ0n) is 17.3. The second kappa shape index (κ2) is 9.74. The number of alkyl halides is 3. The highest BCUT2D eigenvalue weighted by molar-refractivity contribution is 5.81. The van der Waals surface area contributed by atoms with Gasteiger partial charge in [0.2, 0.25) is 5.91 Å². The predicted molar refractivity (Wildman–Crippen MR) is 105 cm³/mol. The zero-order chi connectivity index (χ0) is 21.7. The molecule has 2 aromatic heterocycles. The Morgan fingerprint density at radius 1 is 1.37 bits per heavy atom. The number of likely N-dealkylation sites (tertiary alicyclic amines) is 1. The average Bonchev–Trinajstić information content (AvgIpc) is 3.15. The van der Waals surface area contributed by atoms with Gasteiger partial charge in [-0.3, -0.25) is 14.1 Å². The third-order valence-corrected chi connectivity index (χ3v) is 5.47. The number of carbonyl (C=O) groups excluding carboxylic acids is 1. The van der Waals surface area contributed by atoms with Gasteiger partial charge >= 0.3 is 6.18 Å². The number of rotatable bonds is 8. The summed E-state index contributed by atoms with van der Waals surface area (Å²) in [7, 11) is 0. The molecule has 1 fully saturated rings. The molecule has 10 heteroatoms. The Bertz CT molecular complexity index is 855. The maximum atomic E-state index is 13.1. The molecule has 2 atom stereocenters. The first-order chi connectivity index (χ1) is 14.3. The van der Waals surface area contributed by atoms with Gasteiger partial charge in [0.1, 0.15) is 5.82 Å². The van der Waals surface area contributed by atoms with Crippen molar-refractivity contribution in [2.45, 2.75) is 51.2 Å². The monoisotopic (exact) mass is 427 g/mol. The summed E-state index contributed by atoms with van der Waals surface area (Å²) in [6.45, 7) is 6.90. The lowest BCUT2D eigenvalue weighted by atomic mass is 9.96. The summed E-state index contributed by atoms with van der Waals surface area (Å²) < 4.78 is 46.0. The Balaban J connectivity index is 1.66. The van der Waals surface area contributed by atoms with Gasteiger partial charge in [-0.05, 0) is 51.8 Å². The molecule has 1 amide bonds. The number of aromatic nitrogens is 3. The lowest BCUT2D eigenvalue weighted by molar-refractivity contribution is -0.137. The van der Waals surface area contributed by atoms with Crippen LogP contribution in [0, 0.1) is 0 Å². The third kappa shape index (κ3) is 5.28. The molecule has 1 aliphatic rings. The van der Waals surface area contributed by atoms with Gasteiger partial charge in [0.05, 0.1) is 11.6 Å². The van der Waals surface area contributed by atoms with E-state index in [1.807, 2.05) is 13.8 Å². The van der Waals surface area contributed by atoms with Gasteiger partial charge in [-0.2, -0.15) is 13.2 Å². The van der Waals surface area contributed by atoms with Crippen molar-refractivity contribution in [3.63, 3.8) is 0 Å². The van der Waals surface area contributed by atoms with Crippen molar-refractivity contribution in [3.05, 3.63) is 29.7 Å². The fraction of sp³-hybridized carbons (Fsp3) is 0.650. The van der Waals surface area contributed by atoms with E-state index in [2.05, 4.69) is 20.4 Å². The van der Waals surface area contributed by atoms with E-state index < -0.39 is 11.7 Å². The fourth-order valence-electron chi connectivity index (χ4n) is 3.77. The van der Waals surface area contributed by atoms with Crippen LogP contribution in [0.4, 0.5) is 13.2 Å². The van der Waals surface area contributed by atoms with Crippen LogP contribution in [0.5, 0.6) is 0 Å². The van der Waals surface area contributed by atoms with Crippen LogP contribution >= 0.6 is 0 Å². The molecule has 2 aromatic rings. The Hall–Kier alpha value is -2.20. The van der Waals surface area contributed by atoms with Crippen LogP contribution in [0.3, 0.4) is 0 Å². The fourth-order valence-corrected chi connectivity index (χ4v) is 3.77. The van der Waals surface area contributed by atoms with Crippen molar-refractivity contribution in [1.29, 1.82) is 0 Å². The number of carbonyl (C=O) groups is 1. The van der Waals surface area contributed by atoms with Gasteiger partial charge < -0.3 is 10.1 Å². The number of amides is 1. The number of ether oxygens (including phenoxy) is 1. The number of hydrogen-bond acceptors (Lipinski definition) is 5. The molecule has 1 N–H and O–H groups in total. The molecule has 166 valence electrons. The number of pyridine rings is 1. The first-order valence-electron chi connectivity index (χ1n) is 10.3. The first kappa shape index (κ1) is 22.5. The van der Waals surface area contributed by atoms with Crippen molar-refractivity contribution < 1.29 is 22.7 Å².